The molecule has 3 rings (SSSR count). The summed E-state index contributed by atoms with van der Waals surface area (Å²) in [5.41, 5.74) is 7.08. The smallest absolute Gasteiger partial charge is 0.179 e. The highest BCUT2D eigenvalue weighted by Gasteiger charge is 2.32. The molecule has 1 atom stereocenters. The van der Waals surface area contributed by atoms with Gasteiger partial charge >= 0.3 is 0 Å². The lowest BCUT2D eigenvalue weighted by Gasteiger charge is -2.28. The van der Waals surface area contributed by atoms with Gasteiger partial charge in [0.25, 0.3) is 0 Å². The van der Waals surface area contributed by atoms with Gasteiger partial charge < -0.3 is 15.2 Å². The van der Waals surface area contributed by atoms with Crippen molar-refractivity contribution in [3.63, 3.8) is 0 Å². The van der Waals surface area contributed by atoms with Crippen LogP contribution in [0.2, 0.25) is 5.02 Å². The monoisotopic (exact) mass is 296 g/mol. The van der Waals surface area contributed by atoms with E-state index >= 15 is 0 Å². The van der Waals surface area contributed by atoms with E-state index in [-0.39, 0.29) is 6.04 Å². The van der Waals surface area contributed by atoms with E-state index in [1.54, 1.807) is 0 Å². The molecule has 4 nitrogen and oxygen atoms in total. The Hall–Kier alpha value is -0.970. The topological polar surface area (TPSA) is 47.7 Å². The van der Waals surface area contributed by atoms with Gasteiger partial charge in [-0.25, -0.2) is 0 Å². The fraction of sp³-hybridized carbons (Fsp3) is 0.600. The maximum Gasteiger partial charge on any atom is 0.179 e. The summed E-state index contributed by atoms with van der Waals surface area (Å²) in [6.45, 7) is 1.88. The van der Waals surface area contributed by atoms with Gasteiger partial charge in [-0.15, -0.1) is 0 Å². The van der Waals surface area contributed by atoms with E-state index in [1.165, 1.54) is 12.8 Å². The quantitative estimate of drug-likeness (QED) is 0.928. The zero-order valence-corrected chi connectivity index (χ0v) is 12.5. The van der Waals surface area contributed by atoms with E-state index in [4.69, 9.17) is 26.8 Å². The maximum atomic E-state index is 6.36. The number of likely N-dealkylation sites (N-methyl/N-ethyl adjacent to an activating group) is 1. The van der Waals surface area contributed by atoms with E-state index in [0.717, 1.165) is 17.7 Å². The number of halogens is 1. The van der Waals surface area contributed by atoms with Gasteiger partial charge in [-0.1, -0.05) is 11.6 Å². The van der Waals surface area contributed by atoms with Crippen LogP contribution >= 0.6 is 11.6 Å². The first-order chi connectivity index (χ1) is 9.70. The van der Waals surface area contributed by atoms with E-state index in [9.17, 15) is 0 Å². The Balaban J connectivity index is 1.92. The van der Waals surface area contributed by atoms with Gasteiger partial charge in [0, 0.05) is 25.0 Å². The minimum atomic E-state index is 0.178. The van der Waals surface area contributed by atoms with Crippen LogP contribution < -0.4 is 15.2 Å². The number of hydrogen-bond acceptors (Lipinski definition) is 4. The van der Waals surface area contributed by atoms with Crippen LogP contribution in [-0.2, 0) is 0 Å². The lowest BCUT2D eigenvalue weighted by molar-refractivity contribution is 0.239. The minimum Gasteiger partial charge on any atom is -0.489 e. The first kappa shape index (κ1) is 14.0. The van der Waals surface area contributed by atoms with E-state index < -0.39 is 0 Å². The Labute approximate surface area is 124 Å². The van der Waals surface area contributed by atoms with E-state index in [0.29, 0.717) is 36.6 Å². The Bertz CT molecular complexity index is 491. The first-order valence-electron chi connectivity index (χ1n) is 7.21. The third-order valence-corrected chi connectivity index (χ3v) is 4.33. The molecule has 1 aromatic carbocycles. The first-order valence-corrected chi connectivity index (χ1v) is 7.59. The Morgan fingerprint density at radius 2 is 2.10 bits per heavy atom. The summed E-state index contributed by atoms with van der Waals surface area (Å²) in [6, 6.07) is 4.82. The Morgan fingerprint density at radius 3 is 2.80 bits per heavy atom. The molecule has 0 radical (unpaired) electrons. The summed E-state index contributed by atoms with van der Waals surface area (Å²) in [6.07, 6.45) is 3.39. The van der Waals surface area contributed by atoms with Crippen molar-refractivity contribution in [2.45, 2.75) is 31.3 Å². The zero-order chi connectivity index (χ0) is 14.1. The molecule has 1 unspecified atom stereocenters. The highest BCUT2D eigenvalue weighted by Crippen LogP contribution is 2.41. The summed E-state index contributed by atoms with van der Waals surface area (Å²) in [5, 5.41) is 0.613. The van der Waals surface area contributed by atoms with Crippen LogP contribution in [0, 0.1) is 0 Å². The molecule has 110 valence electrons. The molecule has 1 fully saturated rings. The number of ether oxygens (including phenoxy) is 2. The minimum absolute atomic E-state index is 0.178. The largest absolute Gasteiger partial charge is 0.489 e. The second kappa shape index (κ2) is 5.80. The summed E-state index contributed by atoms with van der Waals surface area (Å²) < 4.78 is 11.4. The van der Waals surface area contributed by atoms with Gasteiger partial charge in [-0.2, -0.15) is 0 Å². The second-order valence-corrected chi connectivity index (χ2v) is 5.94. The summed E-state index contributed by atoms with van der Waals surface area (Å²) in [5.74, 6) is 1.41. The molecule has 0 aromatic heterocycles. The number of hydrogen-bond donors (Lipinski definition) is 1. The fourth-order valence-corrected chi connectivity index (χ4v) is 2.99. The maximum absolute atomic E-state index is 6.36. The average molecular weight is 297 g/mol. The molecule has 1 heterocycles. The Morgan fingerprint density at radius 1 is 1.35 bits per heavy atom. The average Bonchev–Trinajstić information content (AvgIpc) is 3.26. The molecular weight excluding hydrogens is 276 g/mol. The normalized spacial score (nSPS) is 19.8. The van der Waals surface area contributed by atoms with Crippen LogP contribution in [0.25, 0.3) is 0 Å². The molecule has 0 spiro atoms. The number of nitrogens with two attached hydrogens (primary N) is 1. The molecule has 20 heavy (non-hydrogen) atoms. The lowest BCUT2D eigenvalue weighted by atomic mass is 10.0. The molecule has 0 bridgehead atoms. The number of fused-ring (bicyclic) bond motifs is 1. The molecule has 5 heteroatoms. The number of nitrogens with zero attached hydrogens (tertiary/aromatic N) is 1. The van der Waals surface area contributed by atoms with Crippen LogP contribution in [0.5, 0.6) is 11.5 Å². The lowest BCUT2D eigenvalue weighted by Crippen LogP contribution is -2.32. The van der Waals surface area contributed by atoms with Crippen LogP contribution in [-0.4, -0.2) is 37.7 Å². The van der Waals surface area contributed by atoms with Gasteiger partial charge in [0.05, 0.1) is 18.2 Å². The Kier molecular flexibility index (Phi) is 4.06. The fourth-order valence-electron chi connectivity index (χ4n) is 2.72. The molecule has 1 aliphatic heterocycles. The van der Waals surface area contributed by atoms with Gasteiger partial charge in [0.2, 0.25) is 0 Å². The van der Waals surface area contributed by atoms with Crippen LogP contribution in [0.3, 0.4) is 0 Å². The molecule has 0 saturated heterocycles. The van der Waals surface area contributed by atoms with Crippen LogP contribution in [0.4, 0.5) is 0 Å². The van der Waals surface area contributed by atoms with Crippen molar-refractivity contribution in [3.05, 3.63) is 22.7 Å². The molecule has 2 aliphatic rings. The van der Waals surface area contributed by atoms with Crippen LogP contribution in [0.1, 0.15) is 30.9 Å². The van der Waals surface area contributed by atoms with Crippen molar-refractivity contribution in [1.82, 2.24) is 4.90 Å². The van der Waals surface area contributed by atoms with Gasteiger partial charge in [0.15, 0.2) is 11.5 Å². The molecular formula is C15H21ClN2O2. The SMILES string of the molecule is CN(C1CC1)C(CN)c1cc(Cl)c2c(c1)OCCCO2. The summed E-state index contributed by atoms with van der Waals surface area (Å²) in [7, 11) is 2.13. The molecule has 2 N–H and O–H groups in total. The van der Waals surface area contributed by atoms with Gasteiger partial charge in [-0.05, 0) is 37.6 Å². The molecule has 1 saturated carbocycles. The summed E-state index contributed by atoms with van der Waals surface area (Å²) in [4.78, 5) is 2.34. The van der Waals surface area contributed by atoms with Gasteiger partial charge in [0.1, 0.15) is 0 Å². The predicted octanol–water partition coefficient (Wildman–Crippen LogP) is 2.60. The summed E-state index contributed by atoms with van der Waals surface area (Å²) >= 11 is 6.36. The third-order valence-electron chi connectivity index (χ3n) is 4.05. The molecule has 1 aromatic rings. The number of benzene rings is 1. The number of rotatable bonds is 4. The third kappa shape index (κ3) is 2.73. The highest BCUT2D eigenvalue weighted by molar-refractivity contribution is 6.32. The van der Waals surface area contributed by atoms with E-state index in [1.807, 2.05) is 12.1 Å². The molecule has 1 aliphatic carbocycles. The second-order valence-electron chi connectivity index (χ2n) is 5.53. The van der Waals surface area contributed by atoms with Crippen molar-refractivity contribution in [2.75, 3.05) is 26.8 Å². The van der Waals surface area contributed by atoms with Crippen LogP contribution in [0.15, 0.2) is 12.1 Å². The molecule has 0 amide bonds. The highest BCUT2D eigenvalue weighted by atomic mass is 35.5. The van der Waals surface area contributed by atoms with E-state index in [2.05, 4.69) is 11.9 Å². The van der Waals surface area contributed by atoms with Crippen molar-refractivity contribution < 1.29 is 9.47 Å². The zero-order valence-electron chi connectivity index (χ0n) is 11.8. The van der Waals surface area contributed by atoms with Crippen molar-refractivity contribution in [2.24, 2.45) is 5.73 Å². The van der Waals surface area contributed by atoms with Crippen molar-refractivity contribution in [1.29, 1.82) is 0 Å². The van der Waals surface area contributed by atoms with Crippen molar-refractivity contribution >= 4 is 11.6 Å². The predicted molar refractivity (Wildman–Crippen MR) is 79.6 cm³/mol. The standard InChI is InChI=1S/C15H21ClN2O2/c1-18(11-3-4-11)13(9-17)10-7-12(16)15-14(8-10)19-5-2-6-20-15/h7-8,11,13H,2-6,9,17H2,1H3. The van der Waals surface area contributed by atoms with Crippen molar-refractivity contribution in [3.8, 4) is 11.5 Å². The van der Waals surface area contributed by atoms with Gasteiger partial charge in [-0.3, -0.25) is 4.90 Å².